The van der Waals surface area contributed by atoms with Gasteiger partial charge in [0.1, 0.15) is 12.2 Å². The van der Waals surface area contributed by atoms with Crippen molar-refractivity contribution in [1.29, 1.82) is 0 Å². The Kier molecular flexibility index (Phi) is 15.9. The van der Waals surface area contributed by atoms with Crippen LogP contribution in [0.3, 0.4) is 0 Å². The van der Waals surface area contributed by atoms with E-state index in [0.29, 0.717) is 12.2 Å². The zero-order valence-electron chi connectivity index (χ0n) is 18.2. The van der Waals surface area contributed by atoms with Gasteiger partial charge in [0.2, 0.25) is 0 Å². The minimum absolute atomic E-state index is 0.371. The van der Waals surface area contributed by atoms with E-state index >= 15 is 0 Å². The maximum atomic E-state index is 5.66. The Bertz CT molecular complexity index is 316. The van der Waals surface area contributed by atoms with Gasteiger partial charge >= 0.3 is 0 Å². The van der Waals surface area contributed by atoms with E-state index in [1.54, 1.807) is 0 Å². The van der Waals surface area contributed by atoms with Crippen molar-refractivity contribution in [2.24, 2.45) is 0 Å². The van der Waals surface area contributed by atoms with Gasteiger partial charge in [-0.25, -0.2) is 0 Å². The fraction of sp³-hybridized carbons (Fsp3) is 1.00. The molecule has 2 aliphatic heterocycles. The Hall–Kier alpha value is -0.280. The second kappa shape index (κ2) is 18.5. The van der Waals surface area contributed by atoms with Gasteiger partial charge in [-0.05, 0) is 51.4 Å². The highest BCUT2D eigenvalue weighted by Crippen LogP contribution is 2.09. The first kappa shape index (κ1) is 25.0. The van der Waals surface area contributed by atoms with E-state index < -0.39 is 0 Å². The molecule has 0 radical (unpaired) electrons. The monoisotopic (exact) mass is 418 g/mol. The van der Waals surface area contributed by atoms with Gasteiger partial charge in [-0.2, -0.15) is 0 Å². The van der Waals surface area contributed by atoms with Crippen LogP contribution in [0, 0.1) is 0 Å². The molecule has 2 saturated heterocycles. The van der Waals surface area contributed by atoms with Gasteiger partial charge in [-0.15, -0.1) is 0 Å². The van der Waals surface area contributed by atoms with Gasteiger partial charge in [0, 0.05) is 52.9 Å². The Morgan fingerprint density at radius 1 is 0.414 bits per heavy atom. The van der Waals surface area contributed by atoms with Crippen molar-refractivity contribution in [3.63, 3.8) is 0 Å². The first-order valence-electron chi connectivity index (χ1n) is 11.6. The Morgan fingerprint density at radius 3 is 0.897 bits per heavy atom. The van der Waals surface area contributed by atoms with Crippen molar-refractivity contribution < 1.29 is 33.2 Å². The standard InChI is InChI=1S/C22H42O7/c1(3-11-24-13-5-7-15-26-17-21-19-28-21)9-23-10-2-4-12-25-14-6-8-16-27-18-22-20-29-22/h21-22H,1-20H2. The maximum Gasteiger partial charge on any atom is 0.104 e. The molecular formula is C22H42O7. The molecule has 0 N–H and O–H groups in total. The van der Waals surface area contributed by atoms with Crippen molar-refractivity contribution in [2.45, 2.75) is 63.6 Å². The largest absolute Gasteiger partial charge is 0.381 e. The van der Waals surface area contributed by atoms with Crippen molar-refractivity contribution >= 4 is 0 Å². The Morgan fingerprint density at radius 2 is 0.655 bits per heavy atom. The van der Waals surface area contributed by atoms with Crippen LogP contribution in [-0.4, -0.2) is 91.5 Å². The van der Waals surface area contributed by atoms with Crippen molar-refractivity contribution in [2.75, 3.05) is 79.3 Å². The molecule has 0 aliphatic carbocycles. The molecule has 0 bridgehead atoms. The third kappa shape index (κ3) is 18.2. The van der Waals surface area contributed by atoms with Crippen LogP contribution in [0.15, 0.2) is 0 Å². The molecule has 0 aromatic carbocycles. The smallest absolute Gasteiger partial charge is 0.104 e. The SMILES string of the molecule is C(CCOCCCCOCC1CO1)COCCCCOCCCCOCC1CO1. The molecule has 0 aromatic heterocycles. The molecule has 0 saturated carbocycles. The number of rotatable bonds is 24. The zero-order chi connectivity index (χ0) is 20.2. The van der Waals surface area contributed by atoms with E-state index in [-0.39, 0.29) is 0 Å². The van der Waals surface area contributed by atoms with E-state index in [1.165, 1.54) is 0 Å². The van der Waals surface area contributed by atoms with Crippen LogP contribution in [0.25, 0.3) is 0 Å². The van der Waals surface area contributed by atoms with Crippen LogP contribution in [-0.2, 0) is 33.2 Å². The summed E-state index contributed by atoms with van der Waals surface area (Å²) in [4.78, 5) is 0. The summed E-state index contributed by atoms with van der Waals surface area (Å²) in [5.41, 5.74) is 0. The van der Waals surface area contributed by atoms with Crippen LogP contribution in [0.5, 0.6) is 0 Å². The molecule has 0 amide bonds. The lowest BCUT2D eigenvalue weighted by atomic mass is 10.3. The van der Waals surface area contributed by atoms with Gasteiger partial charge < -0.3 is 33.2 Å². The summed E-state index contributed by atoms with van der Waals surface area (Å²) >= 11 is 0. The van der Waals surface area contributed by atoms with E-state index in [1.807, 2.05) is 0 Å². The molecule has 0 spiro atoms. The molecule has 2 heterocycles. The fourth-order valence-corrected chi connectivity index (χ4v) is 2.70. The minimum Gasteiger partial charge on any atom is -0.381 e. The average molecular weight is 419 g/mol. The molecular weight excluding hydrogens is 376 g/mol. The molecule has 7 nitrogen and oxygen atoms in total. The molecule has 172 valence electrons. The fourth-order valence-electron chi connectivity index (χ4n) is 2.70. The number of hydrogen-bond donors (Lipinski definition) is 0. The summed E-state index contributed by atoms with van der Waals surface area (Å²) in [7, 11) is 0. The summed E-state index contributed by atoms with van der Waals surface area (Å²) in [6, 6.07) is 0. The Labute approximate surface area is 176 Å². The quantitative estimate of drug-likeness (QED) is 0.176. The van der Waals surface area contributed by atoms with Crippen LogP contribution < -0.4 is 0 Å². The number of ether oxygens (including phenoxy) is 7. The van der Waals surface area contributed by atoms with Gasteiger partial charge in [0.05, 0.1) is 26.4 Å². The summed E-state index contributed by atoms with van der Waals surface area (Å²) in [6.07, 6.45) is 9.25. The Balaban J connectivity index is 1.12. The van der Waals surface area contributed by atoms with E-state index in [0.717, 1.165) is 131 Å². The minimum atomic E-state index is 0.371. The van der Waals surface area contributed by atoms with Crippen LogP contribution in [0.2, 0.25) is 0 Å². The second-order valence-corrected chi connectivity index (χ2v) is 7.73. The van der Waals surface area contributed by atoms with Crippen molar-refractivity contribution in [3.05, 3.63) is 0 Å². The lowest BCUT2D eigenvalue weighted by Gasteiger charge is -2.07. The molecule has 7 heteroatoms. The molecule has 2 unspecified atom stereocenters. The molecule has 29 heavy (non-hydrogen) atoms. The maximum absolute atomic E-state index is 5.66. The van der Waals surface area contributed by atoms with Gasteiger partial charge in [-0.3, -0.25) is 0 Å². The topological polar surface area (TPSA) is 71.2 Å². The highest BCUT2D eigenvalue weighted by molar-refractivity contribution is 4.67. The third-order valence-electron chi connectivity index (χ3n) is 4.72. The first-order chi connectivity index (χ1) is 14.4. The summed E-state index contributed by atoms with van der Waals surface area (Å²) in [5, 5.41) is 0. The first-order valence-corrected chi connectivity index (χ1v) is 11.6. The lowest BCUT2D eigenvalue weighted by Crippen LogP contribution is -2.05. The van der Waals surface area contributed by atoms with E-state index in [4.69, 9.17) is 33.2 Å². The molecule has 2 rings (SSSR count). The van der Waals surface area contributed by atoms with Crippen molar-refractivity contribution in [3.8, 4) is 0 Å². The average Bonchev–Trinajstić information content (AvgIpc) is 3.64. The van der Waals surface area contributed by atoms with E-state index in [9.17, 15) is 0 Å². The highest BCUT2D eigenvalue weighted by Gasteiger charge is 2.22. The molecule has 0 aromatic rings. The number of hydrogen-bond acceptors (Lipinski definition) is 7. The summed E-state index contributed by atoms with van der Waals surface area (Å²) in [6.45, 7) is 9.83. The molecule has 2 aliphatic rings. The van der Waals surface area contributed by atoms with Crippen LogP contribution in [0.4, 0.5) is 0 Å². The third-order valence-corrected chi connectivity index (χ3v) is 4.72. The highest BCUT2D eigenvalue weighted by atomic mass is 16.6. The number of epoxide rings is 2. The molecule has 2 fully saturated rings. The van der Waals surface area contributed by atoms with Crippen molar-refractivity contribution in [1.82, 2.24) is 0 Å². The van der Waals surface area contributed by atoms with Gasteiger partial charge in [0.25, 0.3) is 0 Å². The molecule has 2 atom stereocenters. The van der Waals surface area contributed by atoms with E-state index in [2.05, 4.69) is 0 Å². The predicted molar refractivity (Wildman–Crippen MR) is 111 cm³/mol. The normalized spacial score (nSPS) is 20.3. The second-order valence-electron chi connectivity index (χ2n) is 7.73. The van der Waals surface area contributed by atoms with Crippen LogP contribution >= 0.6 is 0 Å². The lowest BCUT2D eigenvalue weighted by molar-refractivity contribution is 0.0793. The van der Waals surface area contributed by atoms with Gasteiger partial charge in [-0.1, -0.05) is 0 Å². The summed E-state index contributed by atoms with van der Waals surface area (Å²) < 4.78 is 38.1. The van der Waals surface area contributed by atoms with Gasteiger partial charge in [0.15, 0.2) is 0 Å². The van der Waals surface area contributed by atoms with Crippen LogP contribution in [0.1, 0.15) is 51.4 Å². The predicted octanol–water partition coefficient (Wildman–Crippen LogP) is 2.99. The summed E-state index contributed by atoms with van der Waals surface area (Å²) in [5.74, 6) is 0. The number of unbranched alkanes of at least 4 members (excludes halogenated alkanes) is 4. The zero-order valence-corrected chi connectivity index (χ0v) is 18.2.